The molecule has 0 atom stereocenters. The first-order valence-corrected chi connectivity index (χ1v) is 6.18. The number of halogens is 1. The quantitative estimate of drug-likeness (QED) is 0.875. The molecule has 0 aromatic heterocycles. The summed E-state index contributed by atoms with van der Waals surface area (Å²) in [6.07, 6.45) is 0.962. The van der Waals surface area contributed by atoms with Crippen LogP contribution in [-0.2, 0) is 4.79 Å². The predicted molar refractivity (Wildman–Crippen MR) is 72.0 cm³/mol. The van der Waals surface area contributed by atoms with Gasteiger partial charge in [0.25, 0.3) is 0 Å². The molecule has 0 radical (unpaired) electrons. The summed E-state index contributed by atoms with van der Waals surface area (Å²) in [7, 11) is 0. The summed E-state index contributed by atoms with van der Waals surface area (Å²) in [5, 5.41) is 11.4. The summed E-state index contributed by atoms with van der Waals surface area (Å²) in [6, 6.07) is 4.44. The third-order valence-corrected chi connectivity index (χ3v) is 3.44. The molecule has 1 rings (SSSR count). The van der Waals surface area contributed by atoms with Crippen molar-refractivity contribution in [2.75, 3.05) is 5.32 Å². The molecule has 19 heavy (non-hydrogen) atoms. The Kier molecular flexibility index (Phi) is 4.62. The molecule has 0 heterocycles. The van der Waals surface area contributed by atoms with Crippen molar-refractivity contribution in [3.05, 3.63) is 29.1 Å². The summed E-state index contributed by atoms with van der Waals surface area (Å²) in [4.78, 5) is 12.1. The summed E-state index contributed by atoms with van der Waals surface area (Å²) in [5.41, 5.74) is 5.74. The van der Waals surface area contributed by atoms with Crippen molar-refractivity contribution in [2.45, 2.75) is 39.2 Å². The number of hydrogen-bond donors (Lipinski definition) is 2. The number of nitriles is 1. The van der Waals surface area contributed by atoms with Gasteiger partial charge >= 0.3 is 0 Å². The Morgan fingerprint density at radius 1 is 1.47 bits per heavy atom. The molecule has 3 N–H and O–H groups in total. The maximum Gasteiger partial charge on any atom is 0.244 e. The monoisotopic (exact) mass is 263 g/mol. The highest BCUT2D eigenvalue weighted by atomic mass is 19.1. The predicted octanol–water partition coefficient (Wildman–Crippen LogP) is 2.46. The van der Waals surface area contributed by atoms with E-state index in [1.807, 2.05) is 19.9 Å². The van der Waals surface area contributed by atoms with Gasteiger partial charge in [-0.2, -0.15) is 5.26 Å². The summed E-state index contributed by atoms with van der Waals surface area (Å²) >= 11 is 0. The Hall–Kier alpha value is -1.93. The van der Waals surface area contributed by atoms with Gasteiger partial charge in [0.15, 0.2) is 0 Å². The molecule has 5 heteroatoms. The molecule has 0 aliphatic carbocycles. The number of nitrogens with zero attached hydrogens (tertiary/aromatic N) is 1. The van der Waals surface area contributed by atoms with Crippen LogP contribution in [-0.4, -0.2) is 11.4 Å². The number of nitrogens with two attached hydrogens (primary N) is 1. The van der Waals surface area contributed by atoms with Crippen LogP contribution >= 0.6 is 0 Å². The zero-order valence-electron chi connectivity index (χ0n) is 11.4. The minimum atomic E-state index is -0.981. The highest BCUT2D eigenvalue weighted by Gasteiger charge is 2.30. The maximum absolute atomic E-state index is 13.6. The minimum Gasteiger partial charge on any atom is -0.324 e. The molecule has 0 aliphatic heterocycles. The van der Waals surface area contributed by atoms with Gasteiger partial charge in [0, 0.05) is 11.3 Å². The van der Waals surface area contributed by atoms with Crippen LogP contribution in [0.3, 0.4) is 0 Å². The topological polar surface area (TPSA) is 78.9 Å². The average molecular weight is 263 g/mol. The van der Waals surface area contributed by atoms with E-state index in [9.17, 15) is 9.18 Å². The average Bonchev–Trinajstić information content (AvgIpc) is 2.42. The molecule has 102 valence electrons. The summed E-state index contributed by atoms with van der Waals surface area (Å²) in [5.74, 6) is -0.889. The Morgan fingerprint density at radius 2 is 2.05 bits per heavy atom. The molecule has 0 unspecified atom stereocenters. The lowest BCUT2D eigenvalue weighted by molar-refractivity contribution is -0.121. The van der Waals surface area contributed by atoms with E-state index in [2.05, 4.69) is 5.32 Å². The van der Waals surface area contributed by atoms with Crippen molar-refractivity contribution in [3.8, 4) is 6.07 Å². The van der Waals surface area contributed by atoms with Gasteiger partial charge in [0.1, 0.15) is 5.82 Å². The van der Waals surface area contributed by atoms with Gasteiger partial charge in [-0.15, -0.1) is 0 Å². The van der Waals surface area contributed by atoms with Gasteiger partial charge < -0.3 is 11.1 Å². The van der Waals surface area contributed by atoms with E-state index >= 15 is 0 Å². The molecule has 0 saturated carbocycles. The van der Waals surface area contributed by atoms with E-state index in [1.165, 1.54) is 6.07 Å². The van der Waals surface area contributed by atoms with Crippen LogP contribution in [0.15, 0.2) is 12.1 Å². The first-order valence-electron chi connectivity index (χ1n) is 6.18. The van der Waals surface area contributed by atoms with Gasteiger partial charge in [0.2, 0.25) is 5.91 Å². The van der Waals surface area contributed by atoms with Gasteiger partial charge in [0.05, 0.1) is 17.2 Å². The van der Waals surface area contributed by atoms with Crippen molar-refractivity contribution in [1.82, 2.24) is 0 Å². The Balaban J connectivity index is 3.10. The Labute approximate surface area is 112 Å². The highest BCUT2D eigenvalue weighted by Crippen LogP contribution is 2.22. The second kappa shape index (κ2) is 5.81. The summed E-state index contributed by atoms with van der Waals surface area (Å²) in [6.45, 7) is 5.19. The smallest absolute Gasteiger partial charge is 0.244 e. The van der Waals surface area contributed by atoms with E-state index in [4.69, 9.17) is 11.0 Å². The first kappa shape index (κ1) is 15.1. The number of anilines is 1. The van der Waals surface area contributed by atoms with Crippen molar-refractivity contribution in [3.63, 3.8) is 0 Å². The molecule has 1 aromatic rings. The van der Waals surface area contributed by atoms with E-state index in [-0.39, 0.29) is 11.5 Å². The van der Waals surface area contributed by atoms with Crippen LogP contribution in [0.4, 0.5) is 10.1 Å². The van der Waals surface area contributed by atoms with Gasteiger partial charge in [-0.05, 0) is 31.9 Å². The lowest BCUT2D eigenvalue weighted by Crippen LogP contribution is -2.50. The van der Waals surface area contributed by atoms with Crippen molar-refractivity contribution >= 4 is 11.6 Å². The zero-order valence-corrected chi connectivity index (χ0v) is 11.4. The van der Waals surface area contributed by atoms with E-state index in [1.54, 1.807) is 6.92 Å². The number of carbonyl (C=O) groups excluding carboxylic acids is 1. The number of nitrogens with one attached hydrogen (secondary N) is 1. The van der Waals surface area contributed by atoms with E-state index < -0.39 is 11.4 Å². The fourth-order valence-corrected chi connectivity index (χ4v) is 1.69. The van der Waals surface area contributed by atoms with Crippen LogP contribution in [0, 0.1) is 24.1 Å². The van der Waals surface area contributed by atoms with Gasteiger partial charge in [-0.25, -0.2) is 4.39 Å². The first-order chi connectivity index (χ1) is 8.87. The molecule has 0 saturated heterocycles. The van der Waals surface area contributed by atoms with Gasteiger partial charge in [-0.1, -0.05) is 13.8 Å². The van der Waals surface area contributed by atoms with Crippen molar-refractivity contribution < 1.29 is 9.18 Å². The lowest BCUT2D eigenvalue weighted by atomic mass is 9.93. The number of amides is 1. The lowest BCUT2D eigenvalue weighted by Gasteiger charge is -2.25. The molecule has 0 bridgehead atoms. The molecular formula is C14H18FN3O. The SMILES string of the molecule is CCC(N)(CC)C(=O)Nc1cc(C#N)cc(F)c1C. The standard InChI is InChI=1S/C14H18FN3O/c1-4-14(17,5-2)13(19)18-12-7-10(8-16)6-11(15)9(12)3/h6-7H,4-5,17H2,1-3H3,(H,18,19). The van der Waals surface area contributed by atoms with Crippen LogP contribution in [0.25, 0.3) is 0 Å². The number of carbonyl (C=O) groups is 1. The maximum atomic E-state index is 13.6. The molecule has 4 nitrogen and oxygen atoms in total. The van der Waals surface area contributed by atoms with Crippen LogP contribution < -0.4 is 11.1 Å². The Bertz CT molecular complexity index is 530. The molecule has 0 spiro atoms. The third-order valence-electron chi connectivity index (χ3n) is 3.44. The van der Waals surface area contributed by atoms with E-state index in [0.717, 1.165) is 6.07 Å². The number of hydrogen-bond acceptors (Lipinski definition) is 3. The zero-order chi connectivity index (χ0) is 14.6. The molecule has 1 aromatic carbocycles. The second-order valence-electron chi connectivity index (χ2n) is 4.56. The molecule has 1 amide bonds. The van der Waals surface area contributed by atoms with Crippen molar-refractivity contribution in [2.24, 2.45) is 5.73 Å². The third kappa shape index (κ3) is 3.09. The molecule has 0 fully saturated rings. The fourth-order valence-electron chi connectivity index (χ4n) is 1.69. The Morgan fingerprint density at radius 3 is 2.53 bits per heavy atom. The van der Waals surface area contributed by atoms with Crippen LogP contribution in [0.5, 0.6) is 0 Å². The highest BCUT2D eigenvalue weighted by molar-refractivity contribution is 5.98. The van der Waals surface area contributed by atoms with Crippen molar-refractivity contribution in [1.29, 1.82) is 5.26 Å². The van der Waals surface area contributed by atoms with Gasteiger partial charge in [-0.3, -0.25) is 4.79 Å². The number of rotatable bonds is 4. The van der Waals surface area contributed by atoms with E-state index in [0.29, 0.717) is 24.1 Å². The second-order valence-corrected chi connectivity index (χ2v) is 4.56. The van der Waals surface area contributed by atoms with Crippen LogP contribution in [0.2, 0.25) is 0 Å². The summed E-state index contributed by atoms with van der Waals surface area (Å²) < 4.78 is 13.6. The van der Waals surface area contributed by atoms with Crippen LogP contribution in [0.1, 0.15) is 37.8 Å². The fraction of sp³-hybridized carbons (Fsp3) is 0.429. The molecule has 0 aliphatic rings. The normalized spacial score (nSPS) is 10.9. The largest absolute Gasteiger partial charge is 0.324 e. The molecular weight excluding hydrogens is 245 g/mol. The minimum absolute atomic E-state index is 0.161. The number of benzene rings is 1.